The number of fused-ring (bicyclic) bond motifs is 1. The molecule has 9 heteroatoms. The maximum absolute atomic E-state index is 12.4. The van der Waals surface area contributed by atoms with Crippen LogP contribution in [0, 0.1) is 10.1 Å². The Morgan fingerprint density at radius 2 is 1.93 bits per heavy atom. The molecule has 0 radical (unpaired) electrons. The van der Waals surface area contributed by atoms with Crippen LogP contribution in [-0.4, -0.2) is 39.9 Å². The summed E-state index contributed by atoms with van der Waals surface area (Å²) in [5.74, 6) is 0.271. The first-order valence-corrected chi connectivity index (χ1v) is 8.92. The number of nitrogens with one attached hydrogen (secondary N) is 1. The number of methoxy groups -OCH3 is 1. The molecule has 0 fully saturated rings. The number of carbonyl (C=O) groups is 1. The maximum Gasteiger partial charge on any atom is 0.296 e. The van der Waals surface area contributed by atoms with Crippen molar-refractivity contribution in [2.24, 2.45) is 0 Å². The molecule has 0 aromatic heterocycles. The summed E-state index contributed by atoms with van der Waals surface area (Å²) < 4.78 is 10.7. The van der Waals surface area contributed by atoms with E-state index in [0.29, 0.717) is 11.3 Å². The van der Waals surface area contributed by atoms with E-state index >= 15 is 0 Å². The molecule has 1 aliphatic heterocycles. The van der Waals surface area contributed by atoms with E-state index in [9.17, 15) is 25.1 Å². The smallest absolute Gasteiger partial charge is 0.296 e. The molecule has 2 unspecified atom stereocenters. The number of carbonyl (C=O) groups excluding carboxylic acids is 1. The van der Waals surface area contributed by atoms with Crippen molar-refractivity contribution in [1.29, 1.82) is 0 Å². The fourth-order valence-electron chi connectivity index (χ4n) is 3.17. The van der Waals surface area contributed by atoms with Gasteiger partial charge >= 0.3 is 0 Å². The number of aliphatic hydroxyl groups excluding tert-OH is 2. The number of nitro benzene ring substituents is 1. The molecule has 9 nitrogen and oxygen atoms in total. The highest BCUT2D eigenvalue weighted by Crippen LogP contribution is 2.44. The zero-order valence-corrected chi connectivity index (χ0v) is 16.2. The van der Waals surface area contributed by atoms with E-state index in [1.807, 2.05) is 0 Å². The lowest BCUT2D eigenvalue weighted by Crippen LogP contribution is -2.48. The van der Waals surface area contributed by atoms with Crippen molar-refractivity contribution in [2.45, 2.75) is 38.1 Å². The fraction of sp³-hybridized carbons (Fsp3) is 0.350. The first-order chi connectivity index (χ1) is 13.6. The minimum atomic E-state index is -1.31. The van der Waals surface area contributed by atoms with Gasteiger partial charge in [-0.1, -0.05) is 12.1 Å². The Balaban J connectivity index is 1.88. The average Bonchev–Trinajstić information content (AvgIpc) is 2.66. The Hall–Kier alpha value is -3.17. The molecule has 3 N–H and O–H groups in total. The molecule has 0 bridgehead atoms. The number of anilines is 1. The molecule has 29 heavy (non-hydrogen) atoms. The molecule has 0 spiro atoms. The minimum Gasteiger partial charge on any atom is -0.497 e. The molecular formula is C20H22N2O7. The average molecular weight is 402 g/mol. The van der Waals surface area contributed by atoms with Gasteiger partial charge in [-0.2, -0.15) is 0 Å². The van der Waals surface area contributed by atoms with Crippen LogP contribution < -0.4 is 14.8 Å². The van der Waals surface area contributed by atoms with Gasteiger partial charge in [0.2, 0.25) is 5.91 Å². The summed E-state index contributed by atoms with van der Waals surface area (Å²) in [4.78, 5) is 23.3. The number of hydrogen-bond acceptors (Lipinski definition) is 7. The van der Waals surface area contributed by atoms with Gasteiger partial charge in [0.25, 0.3) is 5.69 Å². The van der Waals surface area contributed by atoms with Gasteiger partial charge in [0, 0.05) is 5.56 Å². The van der Waals surface area contributed by atoms with Crippen LogP contribution in [0.1, 0.15) is 31.1 Å². The van der Waals surface area contributed by atoms with Crippen LogP contribution in [0.4, 0.5) is 11.4 Å². The first kappa shape index (κ1) is 20.6. The highest BCUT2D eigenvalue weighted by molar-refractivity contribution is 5.94. The minimum absolute atomic E-state index is 0.00700. The molecule has 3 rings (SSSR count). The van der Waals surface area contributed by atoms with E-state index in [1.165, 1.54) is 13.2 Å². The quantitative estimate of drug-likeness (QED) is 0.517. The first-order valence-electron chi connectivity index (χ1n) is 8.92. The van der Waals surface area contributed by atoms with E-state index in [4.69, 9.17) is 9.47 Å². The SMILES string of the molecule is COc1ccc(CC(=O)Nc2cc3c(cc2[N+](=O)[O-])OC(C)(C)C(O)C3O)cc1. The van der Waals surface area contributed by atoms with E-state index in [-0.39, 0.29) is 29.1 Å². The van der Waals surface area contributed by atoms with Crippen molar-refractivity contribution < 1.29 is 29.4 Å². The molecular weight excluding hydrogens is 380 g/mol. The van der Waals surface area contributed by atoms with Crippen LogP contribution in [0.2, 0.25) is 0 Å². The molecule has 0 saturated carbocycles. The van der Waals surface area contributed by atoms with Gasteiger partial charge in [-0.15, -0.1) is 0 Å². The Kier molecular flexibility index (Phi) is 5.45. The van der Waals surface area contributed by atoms with E-state index < -0.39 is 28.6 Å². The van der Waals surface area contributed by atoms with Crippen molar-refractivity contribution in [2.75, 3.05) is 12.4 Å². The maximum atomic E-state index is 12.4. The Morgan fingerprint density at radius 1 is 1.28 bits per heavy atom. The summed E-state index contributed by atoms with van der Waals surface area (Å²) in [6, 6.07) is 9.27. The van der Waals surface area contributed by atoms with Gasteiger partial charge < -0.3 is 25.0 Å². The molecule has 0 saturated heterocycles. The largest absolute Gasteiger partial charge is 0.497 e. The van der Waals surface area contributed by atoms with Crippen molar-refractivity contribution >= 4 is 17.3 Å². The van der Waals surface area contributed by atoms with Crippen LogP contribution in [-0.2, 0) is 11.2 Å². The molecule has 2 atom stereocenters. The third-order valence-electron chi connectivity index (χ3n) is 4.83. The summed E-state index contributed by atoms with van der Waals surface area (Å²) in [5, 5.41) is 34.7. The second kappa shape index (κ2) is 7.69. The zero-order valence-electron chi connectivity index (χ0n) is 16.2. The van der Waals surface area contributed by atoms with Gasteiger partial charge in [-0.05, 0) is 37.6 Å². The summed E-state index contributed by atoms with van der Waals surface area (Å²) in [7, 11) is 1.53. The number of rotatable bonds is 5. The molecule has 1 aliphatic rings. The van der Waals surface area contributed by atoms with E-state index in [2.05, 4.69) is 5.32 Å². The normalized spacial score (nSPS) is 19.6. The lowest BCUT2D eigenvalue weighted by atomic mass is 9.88. The third kappa shape index (κ3) is 4.15. The van der Waals surface area contributed by atoms with Crippen molar-refractivity contribution in [3.8, 4) is 11.5 Å². The molecule has 0 aliphatic carbocycles. The van der Waals surface area contributed by atoms with Crippen LogP contribution in [0.5, 0.6) is 11.5 Å². The van der Waals surface area contributed by atoms with Crippen LogP contribution in [0.3, 0.4) is 0 Å². The van der Waals surface area contributed by atoms with Crippen molar-refractivity contribution in [1.82, 2.24) is 0 Å². The number of amides is 1. The summed E-state index contributed by atoms with van der Waals surface area (Å²) in [6.07, 6.45) is -2.56. The highest BCUT2D eigenvalue weighted by Gasteiger charge is 2.43. The number of ether oxygens (including phenoxy) is 2. The highest BCUT2D eigenvalue weighted by atomic mass is 16.6. The van der Waals surface area contributed by atoms with Gasteiger partial charge in [0.15, 0.2) is 0 Å². The second-order valence-corrected chi connectivity index (χ2v) is 7.33. The number of nitrogens with zero attached hydrogens (tertiary/aromatic N) is 1. The Bertz CT molecular complexity index is 941. The fourth-order valence-corrected chi connectivity index (χ4v) is 3.17. The molecule has 154 valence electrons. The molecule has 1 amide bonds. The molecule has 1 heterocycles. The Morgan fingerprint density at radius 3 is 2.52 bits per heavy atom. The number of aliphatic hydroxyl groups is 2. The van der Waals surface area contributed by atoms with Gasteiger partial charge in [-0.3, -0.25) is 14.9 Å². The standard InChI is InChI=1S/C20H22N2O7/c1-20(2)19(25)18(24)13-9-14(15(22(26)27)10-16(13)29-20)21-17(23)8-11-4-6-12(28-3)7-5-11/h4-7,9-10,18-19,24-25H,8H2,1-3H3,(H,21,23). The van der Waals surface area contributed by atoms with Crippen LogP contribution in [0.15, 0.2) is 36.4 Å². The number of benzene rings is 2. The lowest BCUT2D eigenvalue weighted by Gasteiger charge is -2.40. The van der Waals surface area contributed by atoms with Gasteiger partial charge in [-0.25, -0.2) is 0 Å². The van der Waals surface area contributed by atoms with Crippen LogP contribution in [0.25, 0.3) is 0 Å². The lowest BCUT2D eigenvalue weighted by molar-refractivity contribution is -0.384. The third-order valence-corrected chi connectivity index (χ3v) is 4.83. The van der Waals surface area contributed by atoms with Crippen molar-refractivity contribution in [3.63, 3.8) is 0 Å². The summed E-state index contributed by atoms with van der Waals surface area (Å²) in [6.45, 7) is 3.14. The zero-order chi connectivity index (χ0) is 21.3. The van der Waals surface area contributed by atoms with Crippen molar-refractivity contribution in [3.05, 3.63) is 57.6 Å². The van der Waals surface area contributed by atoms with Gasteiger partial charge in [0.05, 0.1) is 24.5 Å². The summed E-state index contributed by atoms with van der Waals surface area (Å²) in [5.41, 5.74) is -0.709. The second-order valence-electron chi connectivity index (χ2n) is 7.33. The van der Waals surface area contributed by atoms with Crippen LogP contribution >= 0.6 is 0 Å². The number of nitro groups is 1. The number of hydrogen-bond donors (Lipinski definition) is 3. The van der Waals surface area contributed by atoms with Gasteiger partial charge in [0.1, 0.15) is 35.0 Å². The Labute approximate surface area is 167 Å². The predicted molar refractivity (Wildman–Crippen MR) is 104 cm³/mol. The monoisotopic (exact) mass is 402 g/mol. The molecule has 2 aromatic carbocycles. The van der Waals surface area contributed by atoms with E-state index in [0.717, 1.165) is 6.07 Å². The predicted octanol–water partition coefficient (Wildman–Crippen LogP) is 2.35. The molecule has 2 aromatic rings. The summed E-state index contributed by atoms with van der Waals surface area (Å²) >= 11 is 0. The topological polar surface area (TPSA) is 131 Å². The van der Waals surface area contributed by atoms with E-state index in [1.54, 1.807) is 38.1 Å².